The number of aliphatic hydroxyl groups is 1. The van der Waals surface area contributed by atoms with Crippen molar-refractivity contribution in [2.24, 2.45) is 0 Å². The van der Waals surface area contributed by atoms with Gasteiger partial charge in [-0.15, -0.1) is 22.7 Å². The number of aryl methyl sites for hydroxylation is 2. The molecule has 0 atom stereocenters. The maximum absolute atomic E-state index is 10.2. The second-order valence-corrected chi connectivity index (χ2v) is 7.00. The van der Waals surface area contributed by atoms with Gasteiger partial charge in [0.2, 0.25) is 0 Å². The van der Waals surface area contributed by atoms with Crippen LogP contribution in [0.2, 0.25) is 0 Å². The molecular formula is C14H15N3OS2. The number of hydrogen-bond donors (Lipinski definition) is 2. The molecule has 2 N–H and O–H groups in total. The Morgan fingerprint density at radius 2 is 2.25 bits per heavy atom. The Labute approximate surface area is 125 Å². The lowest BCUT2D eigenvalue weighted by atomic mass is 10.2. The summed E-state index contributed by atoms with van der Waals surface area (Å²) in [6.45, 7) is 5.02. The third-order valence-corrected chi connectivity index (χ3v) is 5.30. The highest BCUT2D eigenvalue weighted by Crippen LogP contribution is 2.32. The average molecular weight is 305 g/mol. The maximum Gasteiger partial charge on any atom is 0.135 e. The van der Waals surface area contributed by atoms with Crippen LogP contribution in [0.1, 0.15) is 20.5 Å². The summed E-state index contributed by atoms with van der Waals surface area (Å²) in [7, 11) is 0. The molecule has 2 aromatic rings. The van der Waals surface area contributed by atoms with E-state index in [2.05, 4.69) is 4.98 Å². The van der Waals surface area contributed by atoms with Crippen LogP contribution in [-0.4, -0.2) is 27.4 Å². The molecule has 0 saturated carbocycles. The van der Waals surface area contributed by atoms with Crippen LogP contribution >= 0.6 is 22.7 Å². The van der Waals surface area contributed by atoms with Gasteiger partial charge in [-0.2, -0.15) is 0 Å². The van der Waals surface area contributed by atoms with Crippen molar-refractivity contribution in [3.05, 3.63) is 43.7 Å². The molecule has 0 unspecified atom stereocenters. The standard InChI is InChI=1S/C14H15N3OS2/c1-8-9(2)20-14(16-8)12-11(18)7-17(13(12)15)6-10-4-3-5-19-10/h3-5,15,18H,6-7H2,1-2H3. The third kappa shape index (κ3) is 2.25. The summed E-state index contributed by atoms with van der Waals surface area (Å²) in [6.07, 6.45) is 0. The first-order chi connectivity index (χ1) is 9.56. The van der Waals surface area contributed by atoms with E-state index >= 15 is 0 Å². The number of nitrogens with one attached hydrogen (secondary N) is 1. The topological polar surface area (TPSA) is 60.2 Å². The van der Waals surface area contributed by atoms with Gasteiger partial charge in [0.25, 0.3) is 0 Å². The first kappa shape index (κ1) is 13.3. The summed E-state index contributed by atoms with van der Waals surface area (Å²) in [6, 6.07) is 4.05. The van der Waals surface area contributed by atoms with Crippen molar-refractivity contribution in [2.75, 3.05) is 6.54 Å². The molecule has 1 aliphatic rings. The molecule has 3 heterocycles. The molecule has 0 fully saturated rings. The molecular weight excluding hydrogens is 290 g/mol. The second kappa shape index (κ2) is 5.03. The van der Waals surface area contributed by atoms with Gasteiger partial charge < -0.3 is 10.0 Å². The molecule has 0 aromatic carbocycles. The predicted octanol–water partition coefficient (Wildman–Crippen LogP) is 3.58. The van der Waals surface area contributed by atoms with Crippen LogP contribution in [0.25, 0.3) is 5.57 Å². The lowest BCUT2D eigenvalue weighted by molar-refractivity contribution is 0.348. The number of thiazole rings is 1. The predicted molar refractivity (Wildman–Crippen MR) is 83.6 cm³/mol. The highest BCUT2D eigenvalue weighted by Gasteiger charge is 2.30. The van der Waals surface area contributed by atoms with Gasteiger partial charge in [-0.3, -0.25) is 5.41 Å². The number of nitrogens with zero attached hydrogens (tertiary/aromatic N) is 2. The number of hydrogen-bond acceptors (Lipinski definition) is 5. The van der Waals surface area contributed by atoms with Gasteiger partial charge in [0.1, 0.15) is 16.6 Å². The van der Waals surface area contributed by atoms with Crippen molar-refractivity contribution >= 4 is 34.1 Å². The molecule has 4 nitrogen and oxygen atoms in total. The van der Waals surface area contributed by atoms with E-state index in [0.717, 1.165) is 15.6 Å². The summed E-state index contributed by atoms with van der Waals surface area (Å²) in [5, 5.41) is 21.2. The van der Waals surface area contributed by atoms with E-state index in [1.54, 1.807) is 11.3 Å². The summed E-state index contributed by atoms with van der Waals surface area (Å²) >= 11 is 3.20. The Hall–Kier alpha value is -1.66. The molecule has 0 aliphatic carbocycles. The second-order valence-electron chi connectivity index (χ2n) is 4.77. The Balaban J connectivity index is 1.85. The minimum atomic E-state index is 0.250. The van der Waals surface area contributed by atoms with E-state index in [-0.39, 0.29) is 5.76 Å². The fraction of sp³-hybridized carbons (Fsp3) is 0.286. The molecule has 0 spiro atoms. The number of aliphatic hydroxyl groups excluding tert-OH is 1. The van der Waals surface area contributed by atoms with Crippen LogP contribution in [0.5, 0.6) is 0 Å². The van der Waals surface area contributed by atoms with Gasteiger partial charge >= 0.3 is 0 Å². The highest BCUT2D eigenvalue weighted by atomic mass is 32.1. The number of aromatic nitrogens is 1. The van der Waals surface area contributed by atoms with Gasteiger partial charge in [0, 0.05) is 9.75 Å². The van der Waals surface area contributed by atoms with Gasteiger partial charge in [0.05, 0.1) is 24.4 Å². The quantitative estimate of drug-likeness (QED) is 0.911. The summed E-state index contributed by atoms with van der Waals surface area (Å²) < 4.78 is 0. The van der Waals surface area contributed by atoms with Crippen molar-refractivity contribution in [1.29, 1.82) is 5.41 Å². The minimum absolute atomic E-state index is 0.250. The molecule has 0 saturated heterocycles. The molecule has 2 aromatic heterocycles. The van der Waals surface area contributed by atoms with Crippen LogP contribution in [0.15, 0.2) is 23.3 Å². The lowest BCUT2D eigenvalue weighted by Gasteiger charge is -2.17. The molecule has 0 bridgehead atoms. The normalized spacial score (nSPS) is 15.5. The van der Waals surface area contributed by atoms with Crippen LogP contribution in [0.4, 0.5) is 0 Å². The third-order valence-electron chi connectivity index (χ3n) is 3.35. The van der Waals surface area contributed by atoms with Gasteiger partial charge in [-0.05, 0) is 25.3 Å². The molecule has 104 valence electrons. The van der Waals surface area contributed by atoms with Gasteiger partial charge in [-0.1, -0.05) is 6.07 Å². The van der Waals surface area contributed by atoms with Crippen molar-refractivity contribution in [3.63, 3.8) is 0 Å². The number of thiophene rings is 1. The zero-order valence-electron chi connectivity index (χ0n) is 11.3. The van der Waals surface area contributed by atoms with E-state index in [0.29, 0.717) is 24.5 Å². The zero-order valence-corrected chi connectivity index (χ0v) is 12.9. The van der Waals surface area contributed by atoms with E-state index in [1.807, 2.05) is 36.3 Å². The Morgan fingerprint density at radius 3 is 2.85 bits per heavy atom. The summed E-state index contributed by atoms with van der Waals surface area (Å²) in [5.74, 6) is 0.616. The van der Waals surface area contributed by atoms with Gasteiger partial charge in [-0.25, -0.2) is 4.98 Å². The van der Waals surface area contributed by atoms with Crippen molar-refractivity contribution in [3.8, 4) is 0 Å². The maximum atomic E-state index is 10.2. The van der Waals surface area contributed by atoms with E-state index < -0.39 is 0 Å². The zero-order chi connectivity index (χ0) is 14.3. The fourth-order valence-electron chi connectivity index (χ4n) is 2.16. The molecule has 0 radical (unpaired) electrons. The first-order valence-electron chi connectivity index (χ1n) is 6.29. The number of amidine groups is 1. The van der Waals surface area contributed by atoms with E-state index in [9.17, 15) is 5.11 Å². The molecule has 1 aliphatic heterocycles. The van der Waals surface area contributed by atoms with Crippen molar-refractivity contribution in [2.45, 2.75) is 20.4 Å². The van der Waals surface area contributed by atoms with Crippen LogP contribution < -0.4 is 0 Å². The number of rotatable bonds is 3. The molecule has 3 rings (SSSR count). The molecule has 0 amide bonds. The fourth-order valence-corrected chi connectivity index (χ4v) is 3.87. The molecule has 6 heteroatoms. The van der Waals surface area contributed by atoms with Crippen LogP contribution in [0.3, 0.4) is 0 Å². The SMILES string of the molecule is Cc1nc(C2=C(O)CN(Cc3cccs3)C2=N)sc1C. The average Bonchev–Trinajstić information content (AvgIpc) is 3.06. The highest BCUT2D eigenvalue weighted by molar-refractivity contribution is 7.13. The van der Waals surface area contributed by atoms with Crippen molar-refractivity contribution in [1.82, 2.24) is 9.88 Å². The summed E-state index contributed by atoms with van der Waals surface area (Å²) in [4.78, 5) is 8.66. The Bertz CT molecular complexity index is 666. The van der Waals surface area contributed by atoms with Gasteiger partial charge in [0.15, 0.2) is 0 Å². The lowest BCUT2D eigenvalue weighted by Crippen LogP contribution is -2.25. The summed E-state index contributed by atoms with van der Waals surface area (Å²) in [5.41, 5.74) is 1.55. The van der Waals surface area contributed by atoms with E-state index in [1.165, 1.54) is 16.2 Å². The minimum Gasteiger partial charge on any atom is -0.510 e. The van der Waals surface area contributed by atoms with Crippen LogP contribution in [0, 0.1) is 19.3 Å². The first-order valence-corrected chi connectivity index (χ1v) is 7.98. The smallest absolute Gasteiger partial charge is 0.135 e. The van der Waals surface area contributed by atoms with E-state index in [4.69, 9.17) is 5.41 Å². The molecule has 20 heavy (non-hydrogen) atoms. The largest absolute Gasteiger partial charge is 0.510 e. The van der Waals surface area contributed by atoms with Crippen LogP contribution in [-0.2, 0) is 6.54 Å². The Morgan fingerprint density at radius 1 is 1.45 bits per heavy atom. The monoisotopic (exact) mass is 305 g/mol. The van der Waals surface area contributed by atoms with Crippen molar-refractivity contribution < 1.29 is 5.11 Å². The Kier molecular flexibility index (Phi) is 3.35.